The third-order valence-corrected chi connectivity index (χ3v) is 15.9. The molecule has 0 bridgehead atoms. The second-order valence-corrected chi connectivity index (χ2v) is 25.5. The number of terminal acetylenes is 4. The summed E-state index contributed by atoms with van der Waals surface area (Å²) in [6, 6.07) is 50.4. The van der Waals surface area contributed by atoms with Crippen LogP contribution in [0, 0.1) is 531 Å². The van der Waals surface area contributed by atoms with Crippen LogP contribution in [0.1, 0.15) is 184 Å². The van der Waals surface area contributed by atoms with Crippen molar-refractivity contribution in [1.29, 1.82) is 0 Å². The maximum Gasteiger partial charge on any atom is 0.144 e. The van der Waals surface area contributed by atoms with E-state index in [0.717, 1.165) is 49.5 Å². The van der Waals surface area contributed by atoms with E-state index in [9.17, 15) is 0 Å². The van der Waals surface area contributed by atoms with Gasteiger partial charge in [0, 0.05) is 422 Å². The molecule has 9 nitrogen and oxygen atoms in total. The van der Waals surface area contributed by atoms with Crippen LogP contribution in [0.5, 0.6) is 40.2 Å². The average molecular weight is 2050 g/mol. The molecule has 0 aromatic heterocycles. The van der Waals surface area contributed by atoms with Gasteiger partial charge in [0.15, 0.2) is 0 Å². The van der Waals surface area contributed by atoms with Crippen LogP contribution in [0.15, 0.2) is 158 Å². The Bertz CT molecular complexity index is 9640. The predicted molar refractivity (Wildman–Crippen MR) is 772 cm³/mol. The van der Waals surface area contributed by atoms with E-state index in [1.807, 2.05) is 74.6 Å². The summed E-state index contributed by atoms with van der Waals surface area (Å²) in [6.07, 6.45) is 30.1. The van der Waals surface area contributed by atoms with Crippen LogP contribution in [0.2, 0.25) is 0 Å². The van der Waals surface area contributed by atoms with Gasteiger partial charge in [-0.2, -0.15) is 0 Å². The number of fused-ring (bicyclic) bond motifs is 2. The molecule has 8 aromatic rings. The highest BCUT2D eigenvalue weighted by Gasteiger charge is 2.15. The first-order valence-electron chi connectivity index (χ1n) is 41.4. The predicted octanol–water partition coefficient (Wildman–Crippen LogP) is 33.8. The van der Waals surface area contributed by atoms with Crippen LogP contribution >= 0.6 is 0 Å². The van der Waals surface area contributed by atoms with E-state index >= 15 is 0 Å². The standard InChI is InChI=1S/C70H25NO4.C69H23NO3.CH4.88H2/c1-5-7-9-11-13-15-17-19-21-23-25-27-29-31-33-35-37-39-41-43-53-73-68-55-61(60-75-67-52-49-63-57-65(46-45-64(63)58-67)70(71-3)62-47-50-66(72-4)51-48-62)56-69(59-68)74-54-44-42-40-38-36-34-32-30-28-26-24-22-20-18-16-14-12-10-8-6-2;1-4-6-8-10-12-14-16-18-20-22-24-26-28-30-32-34-36-38-40-42-52-71-67-54-61(59-73-66-51-50-63-56-65(49-48-64(63)57-66)69(70)62-46-44-60(3)45-47-62)55-68(58-67)72-53-43-41-39-37-35-33-31-29-27-25-23-21-19-17-15-13-11-9-7-5-2;;;;;;;;;;;;;;;;;;;;;;;;;;;;;;;;;;;;;;;;;;;;;;;;;;;;;;;;;;;;;;;;;;;;;;;;;;;;;;;;;;;;;;;;;/h1-2,45-52,55-59,70-71H,60H2,3-4H3;1-2,44-51,54-58,69H,59,70H2,3H3;1H4;88*1H. The Morgan fingerprint density at radius 1 is 0.228 bits per heavy atom. The summed E-state index contributed by atoms with van der Waals surface area (Å²) in [7, 11) is 3.59. The van der Waals surface area contributed by atoms with Gasteiger partial charge in [-0.25, -0.2) is 0 Å². The van der Waals surface area contributed by atoms with Crippen molar-refractivity contribution in [1.82, 2.24) is 5.32 Å². The third-order valence-electron chi connectivity index (χ3n) is 15.9. The Kier molecular flexibility index (Phi) is 55.8. The van der Waals surface area contributed by atoms with Crippen LogP contribution < -0.4 is 44.2 Å². The molecule has 840 valence electrons. The number of aryl methyl sites for hydroxylation is 1. The zero-order chi connectivity index (χ0) is 104. The molecule has 0 saturated carbocycles. The molecule has 149 heavy (non-hydrogen) atoms. The second-order valence-electron chi connectivity index (χ2n) is 25.5. The van der Waals surface area contributed by atoms with Crippen LogP contribution in [-0.2, 0) is 13.2 Å². The summed E-state index contributed by atoms with van der Waals surface area (Å²) in [6.45, 7) is 2.37. The molecule has 2 unspecified atom stereocenters. The van der Waals surface area contributed by atoms with E-state index in [1.54, 1.807) is 43.5 Å². The normalized spacial score (nSPS) is 7.28. The van der Waals surface area contributed by atoms with E-state index in [2.05, 4.69) is 564 Å². The van der Waals surface area contributed by atoms with Crippen molar-refractivity contribution >= 4 is 21.5 Å². The van der Waals surface area contributed by atoms with Crippen LogP contribution in [0.25, 0.3) is 21.5 Å². The number of nitrogens with two attached hydrogens (primary N) is 1. The van der Waals surface area contributed by atoms with E-state index in [4.69, 9.17) is 64.6 Å². The highest BCUT2D eigenvalue weighted by Crippen LogP contribution is 2.32. The first-order chi connectivity index (χ1) is 73.2. The Morgan fingerprint density at radius 3 is 0.671 bits per heavy atom. The smallest absolute Gasteiger partial charge is 0.144 e. The molecule has 0 fully saturated rings. The molecule has 0 heterocycles. The fourth-order valence-corrected chi connectivity index (χ4v) is 10.0. The molecule has 8 aromatic carbocycles. The molecule has 9 heteroatoms. The monoisotopic (exact) mass is 2050 g/mol. The molecular weight excluding hydrogens is 1820 g/mol. The maximum atomic E-state index is 6.61. The van der Waals surface area contributed by atoms with Crippen LogP contribution in [0.4, 0.5) is 0 Å². The average Bonchev–Trinajstić information content (AvgIpc) is 0.805. The topological polar surface area (TPSA) is 103 Å². The van der Waals surface area contributed by atoms with Gasteiger partial charge in [-0.3, -0.25) is 0 Å². The van der Waals surface area contributed by atoms with Gasteiger partial charge in [-0.15, -0.1) is 25.7 Å². The fraction of sp³-hybridized carbons (Fsp3) is 0.0571. The number of ether oxygens (including phenoxy) is 7. The molecule has 3 N–H and O–H groups in total. The van der Waals surface area contributed by atoms with Gasteiger partial charge in [-0.1, -0.05) is 85.8 Å². The van der Waals surface area contributed by atoms with Gasteiger partial charge in [0.05, 0.1) is 19.2 Å². The van der Waals surface area contributed by atoms with Crippen molar-refractivity contribution in [3.8, 4) is 564 Å². The minimum atomic E-state index is -0.252. The molecule has 0 aliphatic carbocycles. The number of benzene rings is 8. The molecule has 0 aliphatic heterocycles. The lowest BCUT2D eigenvalue weighted by Crippen LogP contribution is -2.17. The lowest BCUT2D eigenvalue weighted by atomic mass is 9.96. The number of hydrogen-bond acceptors (Lipinski definition) is 9. The zero-order valence-corrected chi connectivity index (χ0v) is 77.8. The minimum Gasteiger partial charge on any atom is -0.497 e. The zero-order valence-electron chi connectivity index (χ0n) is 77.8. The summed E-state index contributed by atoms with van der Waals surface area (Å²) in [5.74, 6) is 203. The molecule has 0 saturated heterocycles. The van der Waals surface area contributed by atoms with Crippen molar-refractivity contribution in [2.24, 2.45) is 5.73 Å². The molecule has 8 rings (SSSR count). The highest BCUT2D eigenvalue weighted by atomic mass is 16.5. The first-order valence-corrected chi connectivity index (χ1v) is 41.4. The molecule has 0 spiro atoms. The van der Waals surface area contributed by atoms with Gasteiger partial charge in [-0.05, 0) is 331 Å². The number of nitrogens with one attached hydrogen (secondary N) is 1. The van der Waals surface area contributed by atoms with Gasteiger partial charge < -0.3 is 44.2 Å². The molecule has 2 atom stereocenters. The SMILES string of the molecule is C.C#CC#CC#CC#CC#CC#CC#CC#CC#CC#CC#COc1cc(COc2ccc3cc(C(N)c4ccc(C)cc4)ccc3c2)cc(OC#CC#CC#CC#CC#CC#CC#CC#CC#CC#CC#C)c1.C#CC#CC#CC#CC#CC#CC#CC#CC#CC#CC#COc1cc(COc2ccc3cc(C(NC)c4ccc(OC)cc4)ccc3c2)cc(OC#CC#CC#CC#CC#CC#CC#CC#CC#CC#CC#C)c1.[HH].[HH].[HH].[HH].[HH].[HH].[HH].[HH].[HH].[HH].[HH].[HH].[HH].[HH].[HH].[HH].[HH].[HH].[HH].[HH].[HH].[HH].[HH].[HH].[HH].[HH].[HH].[HH].[HH].[HH].[HH].[HH].[HH].[HH].[HH].[HH].[HH].[HH].[HH].[HH].[HH].[HH].[HH].[HH].[HH].[HH].[HH].[HH].[HH].[HH].[HH].[HH].[HH].[HH].[HH].[HH].[HH].[HH].[HH].[HH].[HH].[HH].[HH].[HH].[HH].[HH].[HH].[HH].[HH].[HH].[HH].[HH].[HH].[HH].[HH].[HH].[HH].[HH].[HH].[HH].[HH].[HH].[HH].[HH].[HH].[HH].[HH].[HH]. The van der Waals surface area contributed by atoms with E-state index in [-0.39, 0.29) is 158 Å². The van der Waals surface area contributed by atoms with Crippen molar-refractivity contribution < 1.29 is 159 Å². The van der Waals surface area contributed by atoms with Gasteiger partial charge in [0.2, 0.25) is 0 Å². The lowest BCUT2D eigenvalue weighted by Gasteiger charge is -2.18. The Balaban J connectivity index is -0.0000000180. The van der Waals surface area contributed by atoms with Gasteiger partial charge in [0.25, 0.3) is 0 Å². The van der Waals surface area contributed by atoms with E-state index < -0.39 is 0 Å². The summed E-state index contributed by atoms with van der Waals surface area (Å²) < 4.78 is 40.4. The first kappa shape index (κ1) is 111. The van der Waals surface area contributed by atoms with Crippen molar-refractivity contribution in [2.45, 2.75) is 39.6 Å². The summed E-state index contributed by atoms with van der Waals surface area (Å²) >= 11 is 0. The summed E-state index contributed by atoms with van der Waals surface area (Å²) in [4.78, 5) is 0. The largest absolute Gasteiger partial charge is 0.497 e. The second kappa shape index (κ2) is 74.8. The lowest BCUT2D eigenvalue weighted by molar-refractivity contribution is 0.305. The van der Waals surface area contributed by atoms with Gasteiger partial charge in [0.1, 0.15) is 77.9 Å². The van der Waals surface area contributed by atoms with Crippen LogP contribution in [-0.4, -0.2) is 14.2 Å². The van der Waals surface area contributed by atoms with E-state index in [1.165, 1.54) is 5.56 Å². The number of methoxy groups -OCH3 is 1. The highest BCUT2D eigenvalue weighted by molar-refractivity contribution is 5.86. The molecular formula is C140H228N2O7. The quantitative estimate of drug-likeness (QED) is 0.0916. The van der Waals surface area contributed by atoms with E-state index in [0.29, 0.717) is 45.6 Å². The molecule has 0 aliphatic rings. The Hall–Kier alpha value is -26.6. The number of hydrogen-bond donors (Lipinski definition) is 2. The summed E-state index contributed by atoms with van der Waals surface area (Å²) in [5, 5.41) is 7.50. The van der Waals surface area contributed by atoms with Gasteiger partial charge >= 0.3 is 0 Å². The van der Waals surface area contributed by atoms with Crippen molar-refractivity contribution in [3.05, 3.63) is 197 Å². The summed E-state index contributed by atoms with van der Waals surface area (Å²) in [5.41, 5.74) is 13.5. The van der Waals surface area contributed by atoms with Crippen LogP contribution in [0.3, 0.4) is 0 Å². The Labute approximate surface area is 1000 Å². The molecule has 0 radical (unpaired) electrons. The maximum absolute atomic E-state index is 6.61. The van der Waals surface area contributed by atoms with Crippen molar-refractivity contribution in [2.75, 3.05) is 14.2 Å². The minimum absolute atomic E-state index is 0. The molecule has 0 amide bonds. The Morgan fingerprint density at radius 2 is 0.430 bits per heavy atom. The number of rotatable bonds is 16. The van der Waals surface area contributed by atoms with Crippen molar-refractivity contribution in [3.63, 3.8) is 0 Å². The third kappa shape index (κ3) is 51.5. The fourth-order valence-electron chi connectivity index (χ4n) is 10.0.